The molecular formula is C12H14N2O2. The summed E-state index contributed by atoms with van der Waals surface area (Å²) in [4.78, 5) is 22.1. The topological polar surface area (TPSA) is 58.2 Å². The lowest BCUT2D eigenvalue weighted by Crippen LogP contribution is -2.09. The smallest absolute Gasteiger partial charge is 0.248 e. The monoisotopic (exact) mass is 218 g/mol. The first-order chi connectivity index (χ1) is 7.61. The molecule has 2 amide bonds. The van der Waals surface area contributed by atoms with Gasteiger partial charge < -0.3 is 10.6 Å². The number of hydrogen-bond acceptors (Lipinski definition) is 2. The van der Waals surface area contributed by atoms with E-state index in [0.29, 0.717) is 11.4 Å². The van der Waals surface area contributed by atoms with Gasteiger partial charge >= 0.3 is 0 Å². The van der Waals surface area contributed by atoms with E-state index in [1.807, 2.05) is 0 Å². The fraction of sp³-hybridized carbons (Fsp3) is 0.167. The van der Waals surface area contributed by atoms with E-state index in [4.69, 9.17) is 0 Å². The van der Waals surface area contributed by atoms with Gasteiger partial charge in [0.05, 0.1) is 0 Å². The average Bonchev–Trinajstić information content (AvgIpc) is 2.17. The summed E-state index contributed by atoms with van der Waals surface area (Å²) >= 11 is 0. The molecule has 0 spiro atoms. The van der Waals surface area contributed by atoms with Crippen LogP contribution in [-0.2, 0) is 9.59 Å². The minimum absolute atomic E-state index is 0.142. The molecule has 16 heavy (non-hydrogen) atoms. The van der Waals surface area contributed by atoms with Crippen molar-refractivity contribution >= 4 is 23.2 Å². The number of nitrogens with one attached hydrogen (secondary N) is 2. The Kier molecular flexibility index (Phi) is 4.27. The van der Waals surface area contributed by atoms with Crippen LogP contribution >= 0.6 is 0 Å². The normalized spacial score (nSPS) is 10.1. The van der Waals surface area contributed by atoms with Crippen LogP contribution < -0.4 is 10.6 Å². The second-order valence-corrected chi connectivity index (χ2v) is 3.25. The van der Waals surface area contributed by atoms with Crippen molar-refractivity contribution in [1.29, 1.82) is 0 Å². The van der Waals surface area contributed by atoms with Crippen molar-refractivity contribution in [3.8, 4) is 0 Å². The highest BCUT2D eigenvalue weighted by Crippen LogP contribution is 2.14. The van der Waals surface area contributed by atoms with Crippen LogP contribution in [0.25, 0.3) is 0 Å². The van der Waals surface area contributed by atoms with E-state index < -0.39 is 0 Å². The predicted octanol–water partition coefficient (Wildman–Crippen LogP) is 2.16. The summed E-state index contributed by atoms with van der Waals surface area (Å²) in [7, 11) is 0. The Balaban J connectivity index is 2.74. The highest BCUT2D eigenvalue weighted by Gasteiger charge is 1.99. The van der Waals surface area contributed by atoms with Gasteiger partial charge in [-0.1, -0.05) is 12.1 Å². The van der Waals surface area contributed by atoms with Crippen LogP contribution in [0.15, 0.2) is 36.4 Å². The summed E-state index contributed by atoms with van der Waals surface area (Å²) < 4.78 is 0. The molecule has 0 atom stereocenters. The molecule has 4 nitrogen and oxygen atoms in total. The molecule has 1 aromatic rings. The molecule has 0 saturated heterocycles. The Hall–Kier alpha value is -2.10. The number of anilines is 2. The van der Waals surface area contributed by atoms with Crippen molar-refractivity contribution in [2.45, 2.75) is 13.8 Å². The largest absolute Gasteiger partial charge is 0.326 e. The molecule has 1 aromatic carbocycles. The van der Waals surface area contributed by atoms with Gasteiger partial charge in [-0.25, -0.2) is 0 Å². The average molecular weight is 218 g/mol. The maximum absolute atomic E-state index is 11.3. The number of hydrogen-bond donors (Lipinski definition) is 2. The fourth-order valence-electron chi connectivity index (χ4n) is 1.21. The Bertz CT molecular complexity index is 425. The van der Waals surface area contributed by atoms with Crippen molar-refractivity contribution in [3.63, 3.8) is 0 Å². The minimum atomic E-state index is -0.192. The lowest BCUT2D eigenvalue weighted by Gasteiger charge is -2.05. The zero-order chi connectivity index (χ0) is 12.0. The molecule has 0 aromatic heterocycles. The van der Waals surface area contributed by atoms with Gasteiger partial charge in [0.25, 0.3) is 0 Å². The third kappa shape index (κ3) is 3.96. The van der Waals surface area contributed by atoms with Gasteiger partial charge in [0, 0.05) is 18.3 Å². The first-order valence-corrected chi connectivity index (χ1v) is 4.93. The lowest BCUT2D eigenvalue weighted by atomic mass is 10.2. The van der Waals surface area contributed by atoms with Gasteiger partial charge in [0.1, 0.15) is 0 Å². The SMILES string of the molecule is C/C=C/C(=O)Nc1cccc(NC(C)=O)c1. The minimum Gasteiger partial charge on any atom is -0.326 e. The second kappa shape index (κ2) is 5.70. The number of carbonyl (C=O) groups is 2. The Morgan fingerprint density at radius 1 is 1.19 bits per heavy atom. The lowest BCUT2D eigenvalue weighted by molar-refractivity contribution is -0.114. The number of carbonyl (C=O) groups excluding carboxylic acids is 2. The van der Waals surface area contributed by atoms with E-state index in [2.05, 4.69) is 10.6 Å². The summed E-state index contributed by atoms with van der Waals surface area (Å²) in [6.45, 7) is 3.21. The van der Waals surface area contributed by atoms with E-state index in [0.717, 1.165) is 0 Å². The zero-order valence-corrected chi connectivity index (χ0v) is 9.28. The van der Waals surface area contributed by atoms with Crippen molar-refractivity contribution in [2.75, 3.05) is 10.6 Å². The molecular weight excluding hydrogens is 204 g/mol. The van der Waals surface area contributed by atoms with E-state index >= 15 is 0 Å². The molecule has 0 radical (unpaired) electrons. The third-order valence-electron chi connectivity index (χ3n) is 1.77. The van der Waals surface area contributed by atoms with Gasteiger partial charge in [0.15, 0.2) is 0 Å². The predicted molar refractivity (Wildman–Crippen MR) is 64.2 cm³/mol. The number of amides is 2. The van der Waals surface area contributed by atoms with Crippen LogP contribution in [0.5, 0.6) is 0 Å². The summed E-state index contributed by atoms with van der Waals surface area (Å²) in [6, 6.07) is 6.97. The highest BCUT2D eigenvalue weighted by atomic mass is 16.2. The van der Waals surface area contributed by atoms with Gasteiger partial charge in [-0.2, -0.15) is 0 Å². The first-order valence-electron chi connectivity index (χ1n) is 4.93. The maximum atomic E-state index is 11.3. The fourth-order valence-corrected chi connectivity index (χ4v) is 1.21. The summed E-state index contributed by atoms with van der Waals surface area (Å²) in [5.41, 5.74) is 1.31. The van der Waals surface area contributed by atoms with Crippen molar-refractivity contribution in [1.82, 2.24) is 0 Å². The molecule has 1 rings (SSSR count). The van der Waals surface area contributed by atoms with Crippen LogP contribution in [0, 0.1) is 0 Å². The number of rotatable bonds is 3. The van der Waals surface area contributed by atoms with Crippen LogP contribution in [0.3, 0.4) is 0 Å². The van der Waals surface area contributed by atoms with Gasteiger partial charge in [-0.15, -0.1) is 0 Å². The highest BCUT2D eigenvalue weighted by molar-refractivity contribution is 5.99. The Morgan fingerprint density at radius 3 is 2.38 bits per heavy atom. The summed E-state index contributed by atoms with van der Waals surface area (Å²) in [5, 5.41) is 5.32. The van der Waals surface area contributed by atoms with Crippen molar-refractivity contribution in [3.05, 3.63) is 36.4 Å². The summed E-state index contributed by atoms with van der Waals surface area (Å²) in [6.07, 6.45) is 3.10. The quantitative estimate of drug-likeness (QED) is 0.764. The number of allylic oxidation sites excluding steroid dienone is 1. The van der Waals surface area contributed by atoms with Gasteiger partial charge in [-0.05, 0) is 31.2 Å². The maximum Gasteiger partial charge on any atom is 0.248 e. The van der Waals surface area contributed by atoms with Crippen LogP contribution in [0.1, 0.15) is 13.8 Å². The second-order valence-electron chi connectivity index (χ2n) is 3.25. The standard InChI is InChI=1S/C12H14N2O2/c1-3-5-12(16)14-11-7-4-6-10(8-11)13-9(2)15/h3-8H,1-2H3,(H,13,15)(H,14,16)/b5-3+. The molecule has 0 aliphatic heterocycles. The molecule has 0 aliphatic rings. The molecule has 84 valence electrons. The van der Waals surface area contributed by atoms with E-state index in [9.17, 15) is 9.59 Å². The molecule has 0 fully saturated rings. The molecule has 0 unspecified atom stereocenters. The third-order valence-corrected chi connectivity index (χ3v) is 1.77. The molecule has 0 bridgehead atoms. The van der Waals surface area contributed by atoms with Gasteiger partial charge in [-0.3, -0.25) is 9.59 Å². The van der Waals surface area contributed by atoms with E-state index in [-0.39, 0.29) is 11.8 Å². The van der Waals surface area contributed by atoms with Crippen molar-refractivity contribution < 1.29 is 9.59 Å². The van der Waals surface area contributed by atoms with Crippen molar-refractivity contribution in [2.24, 2.45) is 0 Å². The zero-order valence-electron chi connectivity index (χ0n) is 9.28. The molecule has 4 heteroatoms. The summed E-state index contributed by atoms with van der Waals surface area (Å²) in [5.74, 6) is -0.334. The molecule has 0 aliphatic carbocycles. The Morgan fingerprint density at radius 2 is 1.81 bits per heavy atom. The number of benzene rings is 1. The van der Waals surface area contributed by atoms with Crippen LogP contribution in [0.2, 0.25) is 0 Å². The first kappa shape index (κ1) is 12.0. The molecule has 0 saturated carbocycles. The molecule has 0 heterocycles. The Labute approximate surface area is 94.4 Å². The van der Waals surface area contributed by atoms with E-state index in [1.54, 1.807) is 37.3 Å². The van der Waals surface area contributed by atoms with E-state index in [1.165, 1.54) is 13.0 Å². The van der Waals surface area contributed by atoms with Gasteiger partial charge in [0.2, 0.25) is 11.8 Å². The van der Waals surface area contributed by atoms with Crippen LogP contribution in [-0.4, -0.2) is 11.8 Å². The molecule has 2 N–H and O–H groups in total. The van der Waals surface area contributed by atoms with Crippen LogP contribution in [0.4, 0.5) is 11.4 Å².